The number of hydrogen-bond acceptors (Lipinski definition) is 2. The molecule has 0 aromatic rings. The summed E-state index contributed by atoms with van der Waals surface area (Å²) in [7, 11) is 0. The Morgan fingerprint density at radius 3 is 1.31 bits per heavy atom. The van der Waals surface area contributed by atoms with Crippen LogP contribution < -0.4 is 0 Å². The predicted molar refractivity (Wildman–Crippen MR) is 68.9 cm³/mol. The van der Waals surface area contributed by atoms with Crippen molar-refractivity contribution in [2.75, 3.05) is 0 Å². The van der Waals surface area contributed by atoms with E-state index in [-0.39, 0.29) is 17.9 Å². The summed E-state index contributed by atoms with van der Waals surface area (Å²) in [5.74, 6) is 0.250. The van der Waals surface area contributed by atoms with E-state index >= 15 is 0 Å². The molecule has 3 heteroatoms. The first kappa shape index (κ1) is 15.4. The predicted octanol–water partition coefficient (Wildman–Crippen LogP) is 2.91. The Kier molecular flexibility index (Phi) is 6.01. The zero-order chi connectivity index (χ0) is 13.0. The van der Waals surface area contributed by atoms with Gasteiger partial charge in [0.2, 0.25) is 5.91 Å². The minimum absolute atomic E-state index is 0.0439. The highest BCUT2D eigenvalue weighted by molar-refractivity contribution is 5.77. The number of hydrazine groups is 1. The molecule has 0 N–H and O–H groups in total. The molecule has 0 aliphatic carbocycles. The smallest absolute Gasteiger partial charge is 0.239 e. The van der Waals surface area contributed by atoms with Crippen LogP contribution in [0.1, 0.15) is 55.4 Å². The monoisotopic (exact) mass is 228 g/mol. The Labute approximate surface area is 101 Å². The molecule has 0 spiro atoms. The summed E-state index contributed by atoms with van der Waals surface area (Å²) in [6, 6.07) is 0.884. The van der Waals surface area contributed by atoms with E-state index in [2.05, 4.69) is 46.6 Å². The van der Waals surface area contributed by atoms with Gasteiger partial charge in [-0.1, -0.05) is 13.8 Å². The Bertz CT molecular complexity index is 214. The van der Waals surface area contributed by atoms with E-state index in [0.29, 0.717) is 12.1 Å². The van der Waals surface area contributed by atoms with Crippen LogP contribution in [-0.2, 0) is 4.79 Å². The minimum atomic E-state index is 0.0439. The third-order valence-corrected chi connectivity index (χ3v) is 2.52. The van der Waals surface area contributed by atoms with Crippen LogP contribution in [0.2, 0.25) is 0 Å². The lowest BCUT2D eigenvalue weighted by molar-refractivity contribution is -0.166. The van der Waals surface area contributed by atoms with Crippen molar-refractivity contribution in [3.63, 3.8) is 0 Å². The molecule has 0 aromatic heterocycles. The van der Waals surface area contributed by atoms with E-state index in [9.17, 15) is 4.79 Å². The molecule has 0 aromatic carbocycles. The molecule has 0 bridgehead atoms. The molecule has 0 heterocycles. The van der Waals surface area contributed by atoms with Crippen LogP contribution in [0.15, 0.2) is 0 Å². The molecule has 0 aliphatic rings. The Morgan fingerprint density at radius 1 is 0.750 bits per heavy atom. The van der Waals surface area contributed by atoms with Crippen molar-refractivity contribution in [2.45, 2.75) is 73.5 Å². The van der Waals surface area contributed by atoms with Gasteiger partial charge in [-0.25, -0.2) is 5.01 Å². The quantitative estimate of drug-likeness (QED) is 0.675. The fourth-order valence-corrected chi connectivity index (χ4v) is 1.99. The second-order valence-corrected chi connectivity index (χ2v) is 5.50. The van der Waals surface area contributed by atoms with Gasteiger partial charge in [0.05, 0.1) is 0 Å². The lowest BCUT2D eigenvalue weighted by atomic mass is 10.1. The molecule has 0 rings (SSSR count). The number of rotatable bonds is 5. The summed E-state index contributed by atoms with van der Waals surface area (Å²) in [6.07, 6.45) is 0. The van der Waals surface area contributed by atoms with Gasteiger partial charge in [0, 0.05) is 24.0 Å². The zero-order valence-electron chi connectivity index (χ0n) is 12.1. The minimum Gasteiger partial charge on any atom is -0.273 e. The van der Waals surface area contributed by atoms with Crippen LogP contribution in [0.5, 0.6) is 0 Å². The molecule has 16 heavy (non-hydrogen) atoms. The van der Waals surface area contributed by atoms with E-state index in [1.807, 2.05) is 18.9 Å². The highest BCUT2D eigenvalue weighted by atomic mass is 16.2. The van der Waals surface area contributed by atoms with E-state index in [0.717, 1.165) is 0 Å². The van der Waals surface area contributed by atoms with Crippen molar-refractivity contribution in [1.29, 1.82) is 0 Å². The number of amides is 1. The van der Waals surface area contributed by atoms with Crippen molar-refractivity contribution >= 4 is 5.91 Å². The second kappa shape index (κ2) is 6.24. The standard InChI is InChI=1S/C13H28N2O/c1-9(2)13(16)15(12(7)8)14(10(3)4)11(5)6/h9-12H,1-8H3. The Balaban J connectivity index is 5.08. The van der Waals surface area contributed by atoms with Crippen LogP contribution in [0.25, 0.3) is 0 Å². The van der Waals surface area contributed by atoms with Crippen LogP contribution >= 0.6 is 0 Å². The highest BCUT2D eigenvalue weighted by Crippen LogP contribution is 2.16. The second-order valence-electron chi connectivity index (χ2n) is 5.50. The Hall–Kier alpha value is -0.570. The maximum absolute atomic E-state index is 12.2. The average Bonchev–Trinajstić information content (AvgIpc) is 2.10. The first-order valence-electron chi connectivity index (χ1n) is 6.31. The molecule has 1 amide bonds. The Morgan fingerprint density at radius 2 is 1.12 bits per heavy atom. The van der Waals surface area contributed by atoms with Gasteiger partial charge < -0.3 is 0 Å². The molecule has 0 unspecified atom stereocenters. The summed E-state index contributed by atoms with van der Waals surface area (Å²) in [4.78, 5) is 12.2. The molecule has 0 saturated heterocycles. The highest BCUT2D eigenvalue weighted by Gasteiger charge is 2.29. The third-order valence-electron chi connectivity index (χ3n) is 2.52. The van der Waals surface area contributed by atoms with Gasteiger partial charge in [0.25, 0.3) is 0 Å². The van der Waals surface area contributed by atoms with Gasteiger partial charge in [-0.3, -0.25) is 9.80 Å². The summed E-state index contributed by atoms with van der Waals surface area (Å²) < 4.78 is 0. The SMILES string of the molecule is CC(C)C(=O)N(C(C)C)N(C(C)C)C(C)C. The zero-order valence-corrected chi connectivity index (χ0v) is 12.1. The molecule has 0 atom stereocenters. The molecular formula is C13H28N2O. The van der Waals surface area contributed by atoms with Crippen molar-refractivity contribution in [1.82, 2.24) is 10.0 Å². The van der Waals surface area contributed by atoms with E-state index < -0.39 is 0 Å². The molecule has 0 saturated carbocycles. The normalized spacial score (nSPS) is 12.3. The summed E-state index contributed by atoms with van der Waals surface area (Å²) >= 11 is 0. The van der Waals surface area contributed by atoms with Crippen molar-refractivity contribution in [3.8, 4) is 0 Å². The van der Waals surface area contributed by atoms with Crippen molar-refractivity contribution < 1.29 is 4.79 Å². The maximum Gasteiger partial charge on any atom is 0.239 e. The molecular weight excluding hydrogens is 200 g/mol. The summed E-state index contributed by atoms with van der Waals surface area (Å²) in [5.41, 5.74) is 0. The molecule has 96 valence electrons. The number of carbonyl (C=O) groups is 1. The fraction of sp³-hybridized carbons (Fsp3) is 0.923. The first-order chi connectivity index (χ1) is 7.20. The molecule has 0 fully saturated rings. The molecule has 0 aliphatic heterocycles. The average molecular weight is 228 g/mol. The van der Waals surface area contributed by atoms with Gasteiger partial charge in [-0.15, -0.1) is 0 Å². The van der Waals surface area contributed by atoms with Crippen LogP contribution in [0.4, 0.5) is 0 Å². The van der Waals surface area contributed by atoms with Crippen molar-refractivity contribution in [2.24, 2.45) is 5.92 Å². The number of carbonyl (C=O) groups excluding carboxylic acids is 1. The van der Waals surface area contributed by atoms with Crippen LogP contribution in [0.3, 0.4) is 0 Å². The van der Waals surface area contributed by atoms with Crippen LogP contribution in [0, 0.1) is 5.92 Å². The summed E-state index contributed by atoms with van der Waals surface area (Å²) in [6.45, 7) is 16.6. The van der Waals surface area contributed by atoms with Gasteiger partial charge in [-0.2, -0.15) is 0 Å². The van der Waals surface area contributed by atoms with Gasteiger partial charge in [0.1, 0.15) is 0 Å². The lowest BCUT2D eigenvalue weighted by Crippen LogP contribution is -2.57. The number of hydrogen-bond donors (Lipinski definition) is 0. The third kappa shape index (κ3) is 3.78. The largest absolute Gasteiger partial charge is 0.273 e. The van der Waals surface area contributed by atoms with Gasteiger partial charge in [-0.05, 0) is 41.5 Å². The lowest BCUT2D eigenvalue weighted by Gasteiger charge is -2.43. The van der Waals surface area contributed by atoms with Gasteiger partial charge in [0.15, 0.2) is 0 Å². The fourth-order valence-electron chi connectivity index (χ4n) is 1.99. The first-order valence-corrected chi connectivity index (χ1v) is 6.31. The van der Waals surface area contributed by atoms with Crippen molar-refractivity contribution in [3.05, 3.63) is 0 Å². The van der Waals surface area contributed by atoms with E-state index in [1.54, 1.807) is 0 Å². The van der Waals surface area contributed by atoms with Crippen LogP contribution in [-0.4, -0.2) is 34.1 Å². The van der Waals surface area contributed by atoms with E-state index in [4.69, 9.17) is 0 Å². The topological polar surface area (TPSA) is 23.6 Å². The van der Waals surface area contributed by atoms with Gasteiger partial charge >= 0.3 is 0 Å². The molecule has 3 nitrogen and oxygen atoms in total. The summed E-state index contributed by atoms with van der Waals surface area (Å²) in [5, 5.41) is 4.09. The van der Waals surface area contributed by atoms with E-state index in [1.165, 1.54) is 0 Å². The number of nitrogens with zero attached hydrogens (tertiary/aromatic N) is 2. The maximum atomic E-state index is 12.2. The molecule has 0 radical (unpaired) electrons.